The average Bonchev–Trinajstić information content (AvgIpc) is 2.86. The molecule has 134 valence electrons. The van der Waals surface area contributed by atoms with Crippen molar-refractivity contribution in [3.8, 4) is 0 Å². The Hall–Kier alpha value is -2.54. The number of anilines is 2. The lowest BCUT2D eigenvalue weighted by molar-refractivity contribution is -0.114. The molecule has 2 amide bonds. The Morgan fingerprint density at radius 3 is 2.60 bits per heavy atom. The van der Waals surface area contributed by atoms with Crippen molar-refractivity contribution in [3.05, 3.63) is 41.0 Å². The van der Waals surface area contributed by atoms with Crippen LogP contribution >= 0.6 is 11.6 Å². The number of hydrogen-bond acceptors (Lipinski definition) is 4. The number of carbonyl (C=O) groups is 2. The van der Waals surface area contributed by atoms with Crippen LogP contribution in [0, 0.1) is 0 Å². The summed E-state index contributed by atoms with van der Waals surface area (Å²) >= 11 is 6.23. The van der Waals surface area contributed by atoms with Gasteiger partial charge in [-0.25, -0.2) is 4.79 Å². The third-order valence-electron chi connectivity index (χ3n) is 2.97. The van der Waals surface area contributed by atoms with Gasteiger partial charge in [0.1, 0.15) is 5.60 Å². The molecule has 0 radical (unpaired) electrons. The number of nitrogens with zero attached hydrogens (tertiary/aromatic N) is 2. The van der Waals surface area contributed by atoms with Crippen LogP contribution in [0.5, 0.6) is 0 Å². The Bertz CT molecular complexity index is 780. The second-order valence-electron chi connectivity index (χ2n) is 6.51. The molecule has 0 bridgehead atoms. The van der Waals surface area contributed by atoms with Gasteiger partial charge in [0.15, 0.2) is 5.82 Å². The number of amides is 2. The van der Waals surface area contributed by atoms with Gasteiger partial charge in [0, 0.05) is 29.9 Å². The first-order chi connectivity index (χ1) is 11.6. The van der Waals surface area contributed by atoms with Crippen molar-refractivity contribution in [2.45, 2.75) is 39.8 Å². The fourth-order valence-corrected chi connectivity index (χ4v) is 2.24. The Morgan fingerprint density at radius 2 is 1.96 bits per heavy atom. The second kappa shape index (κ2) is 7.57. The molecule has 25 heavy (non-hydrogen) atoms. The summed E-state index contributed by atoms with van der Waals surface area (Å²) < 4.78 is 6.87. The van der Waals surface area contributed by atoms with E-state index in [1.807, 2.05) is 0 Å². The zero-order valence-electron chi connectivity index (χ0n) is 14.6. The lowest BCUT2D eigenvalue weighted by Crippen LogP contribution is -2.27. The smallest absolute Gasteiger partial charge is 0.412 e. The highest BCUT2D eigenvalue weighted by Gasteiger charge is 2.16. The van der Waals surface area contributed by atoms with Crippen LogP contribution < -0.4 is 10.6 Å². The van der Waals surface area contributed by atoms with Crippen LogP contribution in [0.4, 0.5) is 16.3 Å². The average molecular weight is 365 g/mol. The van der Waals surface area contributed by atoms with Gasteiger partial charge in [-0.1, -0.05) is 11.6 Å². The van der Waals surface area contributed by atoms with Crippen molar-refractivity contribution < 1.29 is 14.3 Å². The first-order valence-electron chi connectivity index (χ1n) is 7.72. The van der Waals surface area contributed by atoms with Crippen molar-refractivity contribution in [1.82, 2.24) is 9.78 Å². The Morgan fingerprint density at radius 1 is 1.24 bits per heavy atom. The quantitative estimate of drug-likeness (QED) is 0.861. The number of carbonyl (C=O) groups excluding carboxylic acids is 2. The summed E-state index contributed by atoms with van der Waals surface area (Å²) in [7, 11) is 0. The number of ether oxygens (including phenoxy) is 1. The van der Waals surface area contributed by atoms with E-state index < -0.39 is 11.7 Å². The molecule has 0 atom stereocenters. The predicted molar refractivity (Wildman–Crippen MR) is 96.9 cm³/mol. The van der Waals surface area contributed by atoms with E-state index in [0.717, 1.165) is 5.56 Å². The van der Waals surface area contributed by atoms with Gasteiger partial charge in [0.2, 0.25) is 5.91 Å². The van der Waals surface area contributed by atoms with Crippen LogP contribution in [0.1, 0.15) is 33.3 Å². The van der Waals surface area contributed by atoms with E-state index >= 15 is 0 Å². The first kappa shape index (κ1) is 18.8. The molecule has 0 fully saturated rings. The van der Waals surface area contributed by atoms with Crippen LogP contribution in [0.2, 0.25) is 5.02 Å². The maximum absolute atomic E-state index is 11.9. The fourth-order valence-electron chi connectivity index (χ4n) is 2.07. The third kappa shape index (κ3) is 6.11. The predicted octanol–water partition coefficient (Wildman–Crippen LogP) is 3.89. The molecule has 1 heterocycles. The van der Waals surface area contributed by atoms with E-state index in [2.05, 4.69) is 15.7 Å². The lowest BCUT2D eigenvalue weighted by Gasteiger charge is -2.20. The van der Waals surface area contributed by atoms with Crippen molar-refractivity contribution in [2.75, 3.05) is 10.6 Å². The summed E-state index contributed by atoms with van der Waals surface area (Å²) in [5.41, 5.74) is 0.768. The molecule has 0 aliphatic rings. The molecule has 0 aliphatic carbocycles. The monoisotopic (exact) mass is 364 g/mol. The van der Waals surface area contributed by atoms with Crippen LogP contribution in [0.25, 0.3) is 0 Å². The zero-order chi connectivity index (χ0) is 18.6. The molecule has 0 saturated carbocycles. The van der Waals surface area contributed by atoms with Gasteiger partial charge in [-0.2, -0.15) is 5.10 Å². The minimum atomic E-state index is -0.575. The van der Waals surface area contributed by atoms with Crippen LogP contribution in [0.3, 0.4) is 0 Å². The zero-order valence-corrected chi connectivity index (χ0v) is 15.3. The molecule has 0 aliphatic heterocycles. The van der Waals surface area contributed by atoms with Crippen molar-refractivity contribution >= 4 is 35.1 Å². The molecular weight excluding hydrogens is 344 g/mol. The largest absolute Gasteiger partial charge is 0.444 e. The third-order valence-corrected chi connectivity index (χ3v) is 3.34. The van der Waals surface area contributed by atoms with Crippen LogP contribution in [-0.4, -0.2) is 27.4 Å². The summed E-state index contributed by atoms with van der Waals surface area (Å²) in [6.45, 7) is 7.20. The molecule has 8 heteroatoms. The SMILES string of the molecule is CC(=O)Nc1ccn(Cc2cc(NC(=O)OC(C)(C)C)ccc2Cl)n1. The molecule has 2 N–H and O–H groups in total. The highest BCUT2D eigenvalue weighted by atomic mass is 35.5. The summed E-state index contributed by atoms with van der Waals surface area (Å²) in [5.74, 6) is 0.276. The lowest BCUT2D eigenvalue weighted by atomic mass is 10.2. The van der Waals surface area contributed by atoms with Gasteiger partial charge in [-0.15, -0.1) is 0 Å². The van der Waals surface area contributed by atoms with Crippen molar-refractivity contribution in [3.63, 3.8) is 0 Å². The van der Waals surface area contributed by atoms with Gasteiger partial charge < -0.3 is 10.1 Å². The van der Waals surface area contributed by atoms with E-state index in [9.17, 15) is 9.59 Å². The molecule has 0 saturated heterocycles. The van der Waals surface area contributed by atoms with Gasteiger partial charge in [-0.3, -0.25) is 14.8 Å². The summed E-state index contributed by atoms with van der Waals surface area (Å²) in [5, 5.41) is 10.1. The summed E-state index contributed by atoms with van der Waals surface area (Å²) in [6, 6.07) is 6.84. The molecule has 1 aromatic heterocycles. The van der Waals surface area contributed by atoms with E-state index in [-0.39, 0.29) is 5.91 Å². The number of rotatable bonds is 4. The van der Waals surface area contributed by atoms with Crippen molar-refractivity contribution in [2.24, 2.45) is 0 Å². The number of halogens is 1. The van der Waals surface area contributed by atoms with Gasteiger partial charge in [0.25, 0.3) is 0 Å². The van der Waals surface area contributed by atoms with Gasteiger partial charge in [-0.05, 0) is 44.5 Å². The number of nitrogens with one attached hydrogen (secondary N) is 2. The van der Waals surface area contributed by atoms with E-state index in [1.165, 1.54) is 6.92 Å². The van der Waals surface area contributed by atoms with E-state index in [4.69, 9.17) is 16.3 Å². The number of benzene rings is 1. The Kier molecular flexibility index (Phi) is 5.69. The summed E-state index contributed by atoms with van der Waals surface area (Å²) in [4.78, 5) is 22.9. The molecule has 0 spiro atoms. The Labute approximate surface area is 151 Å². The molecule has 2 rings (SSSR count). The summed E-state index contributed by atoms with van der Waals surface area (Å²) in [6.07, 6.45) is 1.20. The molecule has 7 nitrogen and oxygen atoms in total. The minimum Gasteiger partial charge on any atom is -0.444 e. The van der Waals surface area contributed by atoms with Crippen LogP contribution in [-0.2, 0) is 16.1 Å². The molecular formula is C17H21ClN4O3. The van der Waals surface area contributed by atoms with Crippen molar-refractivity contribution in [1.29, 1.82) is 0 Å². The molecule has 2 aromatic rings. The van der Waals surface area contributed by atoms with Gasteiger partial charge >= 0.3 is 6.09 Å². The van der Waals surface area contributed by atoms with E-state index in [0.29, 0.717) is 23.1 Å². The maximum Gasteiger partial charge on any atom is 0.412 e. The highest BCUT2D eigenvalue weighted by molar-refractivity contribution is 6.31. The normalized spacial score (nSPS) is 11.1. The molecule has 1 aromatic carbocycles. The number of hydrogen-bond donors (Lipinski definition) is 2. The molecule has 0 unspecified atom stereocenters. The first-order valence-corrected chi connectivity index (χ1v) is 8.10. The maximum atomic E-state index is 11.9. The number of aromatic nitrogens is 2. The van der Waals surface area contributed by atoms with Gasteiger partial charge in [0.05, 0.1) is 6.54 Å². The topological polar surface area (TPSA) is 85.2 Å². The van der Waals surface area contributed by atoms with Crippen LogP contribution in [0.15, 0.2) is 30.5 Å². The Balaban J connectivity index is 2.09. The van der Waals surface area contributed by atoms with E-state index in [1.54, 1.807) is 55.9 Å². The standard InChI is InChI=1S/C17H21ClN4O3/c1-11(23)19-15-7-8-22(21-15)10-12-9-13(5-6-14(12)18)20-16(24)25-17(2,3)4/h5-9H,10H2,1-4H3,(H,20,24)(H,19,21,23). The highest BCUT2D eigenvalue weighted by Crippen LogP contribution is 2.22. The fraction of sp³-hybridized carbons (Fsp3) is 0.353. The second-order valence-corrected chi connectivity index (χ2v) is 6.92. The minimum absolute atomic E-state index is 0.188.